The summed E-state index contributed by atoms with van der Waals surface area (Å²) < 4.78 is 0. The van der Waals surface area contributed by atoms with Gasteiger partial charge in [0, 0.05) is 38.8 Å². The van der Waals surface area contributed by atoms with E-state index in [1.54, 1.807) is 0 Å². The van der Waals surface area contributed by atoms with Gasteiger partial charge < -0.3 is 10.6 Å². The molecule has 0 atom stereocenters. The Bertz CT molecular complexity index is 254. The van der Waals surface area contributed by atoms with Crippen LogP contribution in [0.25, 0.3) is 0 Å². The van der Waals surface area contributed by atoms with Crippen molar-refractivity contribution < 1.29 is 0 Å². The largest absolute Gasteiger partial charge is 0.356 e. The molecule has 4 nitrogen and oxygen atoms in total. The third-order valence-electron chi connectivity index (χ3n) is 3.47. The van der Waals surface area contributed by atoms with E-state index < -0.39 is 0 Å². The summed E-state index contributed by atoms with van der Waals surface area (Å²) in [6.07, 6.45) is 2.75. The summed E-state index contributed by atoms with van der Waals surface area (Å²) in [5.41, 5.74) is 0. The lowest BCUT2D eigenvalue weighted by molar-refractivity contribution is 0.178. The number of nitrogens with zero attached hydrogens (tertiary/aromatic N) is 2. The van der Waals surface area contributed by atoms with Crippen molar-refractivity contribution in [1.29, 1.82) is 0 Å². The first kappa shape index (κ1) is 19.0. The van der Waals surface area contributed by atoms with Crippen LogP contribution in [0.15, 0.2) is 4.99 Å². The van der Waals surface area contributed by atoms with E-state index in [0.717, 1.165) is 31.5 Å². The third-order valence-corrected chi connectivity index (χ3v) is 3.47. The van der Waals surface area contributed by atoms with Crippen molar-refractivity contribution in [3.05, 3.63) is 0 Å². The van der Waals surface area contributed by atoms with Crippen LogP contribution in [-0.2, 0) is 0 Å². The zero-order valence-corrected chi connectivity index (χ0v) is 15.4. The first-order valence-corrected chi connectivity index (χ1v) is 7.24. The maximum Gasteiger partial charge on any atom is 0.191 e. The highest BCUT2D eigenvalue weighted by molar-refractivity contribution is 14.0. The molecule has 5 heteroatoms. The molecule has 0 bridgehead atoms. The van der Waals surface area contributed by atoms with Crippen LogP contribution in [0.2, 0.25) is 0 Å². The molecule has 2 N–H and O–H groups in total. The second-order valence-corrected chi connectivity index (χ2v) is 5.75. The maximum absolute atomic E-state index is 4.25. The van der Waals surface area contributed by atoms with Crippen LogP contribution in [0.1, 0.15) is 40.5 Å². The summed E-state index contributed by atoms with van der Waals surface area (Å²) in [5, 5.41) is 6.77. The van der Waals surface area contributed by atoms with E-state index in [0.29, 0.717) is 12.1 Å². The molecular formula is C14H31IN4. The molecule has 1 aliphatic rings. The Kier molecular flexibility index (Phi) is 9.78. The van der Waals surface area contributed by atoms with E-state index in [1.165, 1.54) is 12.8 Å². The summed E-state index contributed by atoms with van der Waals surface area (Å²) in [4.78, 5) is 6.74. The Morgan fingerprint density at radius 3 is 2.16 bits per heavy atom. The van der Waals surface area contributed by atoms with Crippen molar-refractivity contribution in [3.63, 3.8) is 0 Å². The summed E-state index contributed by atoms with van der Waals surface area (Å²) in [6.45, 7) is 12.1. The molecule has 0 saturated heterocycles. The van der Waals surface area contributed by atoms with Crippen molar-refractivity contribution in [2.75, 3.05) is 26.7 Å². The molecule has 0 aromatic rings. The Hall–Kier alpha value is -0.0400. The van der Waals surface area contributed by atoms with Gasteiger partial charge in [0.05, 0.1) is 0 Å². The average molecular weight is 382 g/mol. The minimum absolute atomic E-state index is 0. The van der Waals surface area contributed by atoms with Crippen LogP contribution in [0.4, 0.5) is 0 Å². The van der Waals surface area contributed by atoms with E-state index >= 15 is 0 Å². The molecule has 0 aliphatic heterocycles. The SMILES string of the molecule is CN=C(NCCN(C(C)C)C(C)C)NCC1CC1.I. The van der Waals surface area contributed by atoms with Gasteiger partial charge in [-0.3, -0.25) is 9.89 Å². The Balaban J connectivity index is 0.00000324. The number of nitrogens with one attached hydrogen (secondary N) is 2. The highest BCUT2D eigenvalue weighted by atomic mass is 127. The average Bonchev–Trinajstić information content (AvgIpc) is 3.11. The van der Waals surface area contributed by atoms with Crippen molar-refractivity contribution in [1.82, 2.24) is 15.5 Å². The molecule has 114 valence electrons. The number of guanidine groups is 1. The highest BCUT2D eigenvalue weighted by Gasteiger charge is 2.21. The number of hydrogen-bond donors (Lipinski definition) is 2. The van der Waals surface area contributed by atoms with E-state index in [-0.39, 0.29) is 24.0 Å². The van der Waals surface area contributed by atoms with E-state index in [9.17, 15) is 0 Å². The standard InChI is InChI=1S/C14H30N4.HI/c1-11(2)18(12(3)4)9-8-16-14(15-5)17-10-13-6-7-13;/h11-13H,6-10H2,1-5H3,(H2,15,16,17);1H. The number of aliphatic imine (C=N–C) groups is 1. The van der Waals surface area contributed by atoms with Gasteiger partial charge in [-0.05, 0) is 46.5 Å². The molecule has 0 amide bonds. The van der Waals surface area contributed by atoms with Crippen LogP contribution in [-0.4, -0.2) is 49.6 Å². The first-order valence-electron chi connectivity index (χ1n) is 7.24. The predicted molar refractivity (Wildman–Crippen MR) is 94.5 cm³/mol. The Morgan fingerprint density at radius 2 is 1.74 bits per heavy atom. The van der Waals surface area contributed by atoms with Gasteiger partial charge >= 0.3 is 0 Å². The topological polar surface area (TPSA) is 39.7 Å². The smallest absolute Gasteiger partial charge is 0.191 e. The summed E-state index contributed by atoms with van der Waals surface area (Å²) in [6, 6.07) is 1.18. The molecule has 1 saturated carbocycles. The van der Waals surface area contributed by atoms with Gasteiger partial charge in [0.15, 0.2) is 5.96 Å². The van der Waals surface area contributed by atoms with Gasteiger partial charge in [-0.25, -0.2) is 0 Å². The molecule has 0 heterocycles. The lowest BCUT2D eigenvalue weighted by atomic mass is 10.2. The van der Waals surface area contributed by atoms with Crippen LogP contribution in [0.5, 0.6) is 0 Å². The van der Waals surface area contributed by atoms with Gasteiger partial charge in [0.25, 0.3) is 0 Å². The van der Waals surface area contributed by atoms with Crippen LogP contribution in [0.3, 0.4) is 0 Å². The molecule has 0 aromatic heterocycles. The number of halogens is 1. The van der Waals surface area contributed by atoms with Crippen molar-refractivity contribution >= 4 is 29.9 Å². The molecule has 0 spiro atoms. The molecule has 19 heavy (non-hydrogen) atoms. The second kappa shape index (κ2) is 9.80. The quantitative estimate of drug-likeness (QED) is 0.403. The number of rotatable bonds is 7. The summed E-state index contributed by atoms with van der Waals surface area (Å²) >= 11 is 0. The van der Waals surface area contributed by atoms with E-state index in [1.807, 2.05) is 7.05 Å². The Labute approximate surface area is 135 Å². The highest BCUT2D eigenvalue weighted by Crippen LogP contribution is 2.27. The van der Waals surface area contributed by atoms with E-state index in [2.05, 4.69) is 48.2 Å². The minimum Gasteiger partial charge on any atom is -0.356 e. The first-order chi connectivity index (χ1) is 8.54. The van der Waals surface area contributed by atoms with Crippen LogP contribution < -0.4 is 10.6 Å². The predicted octanol–water partition coefficient (Wildman–Crippen LogP) is 2.30. The normalized spacial score (nSPS) is 15.9. The third kappa shape index (κ3) is 7.97. The molecule has 0 unspecified atom stereocenters. The zero-order valence-electron chi connectivity index (χ0n) is 13.1. The maximum atomic E-state index is 4.25. The molecule has 1 rings (SSSR count). The van der Waals surface area contributed by atoms with Crippen molar-refractivity contribution in [2.24, 2.45) is 10.9 Å². The van der Waals surface area contributed by atoms with Crippen molar-refractivity contribution in [3.8, 4) is 0 Å². The second-order valence-electron chi connectivity index (χ2n) is 5.75. The Morgan fingerprint density at radius 1 is 1.16 bits per heavy atom. The van der Waals surface area contributed by atoms with Crippen molar-refractivity contribution in [2.45, 2.75) is 52.6 Å². The van der Waals surface area contributed by atoms with Gasteiger partial charge in [-0.2, -0.15) is 0 Å². The fourth-order valence-electron chi connectivity index (χ4n) is 2.20. The molecule has 0 aromatic carbocycles. The summed E-state index contributed by atoms with van der Waals surface area (Å²) in [5.74, 6) is 1.82. The molecule has 0 radical (unpaired) electrons. The zero-order chi connectivity index (χ0) is 13.5. The molecule has 1 fully saturated rings. The lowest BCUT2D eigenvalue weighted by Gasteiger charge is -2.30. The van der Waals surface area contributed by atoms with Gasteiger partial charge in [-0.1, -0.05) is 0 Å². The fourth-order valence-corrected chi connectivity index (χ4v) is 2.20. The van der Waals surface area contributed by atoms with Gasteiger partial charge in [0.2, 0.25) is 0 Å². The molecule has 1 aliphatic carbocycles. The van der Waals surface area contributed by atoms with Crippen LogP contribution >= 0.6 is 24.0 Å². The lowest BCUT2D eigenvalue weighted by Crippen LogP contribution is -2.45. The van der Waals surface area contributed by atoms with Gasteiger partial charge in [0.1, 0.15) is 0 Å². The van der Waals surface area contributed by atoms with Crippen LogP contribution in [0, 0.1) is 5.92 Å². The molecular weight excluding hydrogens is 351 g/mol. The summed E-state index contributed by atoms with van der Waals surface area (Å²) in [7, 11) is 1.84. The fraction of sp³-hybridized carbons (Fsp3) is 0.929. The number of hydrogen-bond acceptors (Lipinski definition) is 2. The van der Waals surface area contributed by atoms with Gasteiger partial charge in [-0.15, -0.1) is 24.0 Å². The minimum atomic E-state index is 0. The van der Waals surface area contributed by atoms with E-state index in [4.69, 9.17) is 0 Å². The monoisotopic (exact) mass is 382 g/mol.